The number of nitrogens with zero attached hydrogens (tertiary/aromatic N) is 3. The quantitative estimate of drug-likeness (QED) is 0.0492. The summed E-state index contributed by atoms with van der Waals surface area (Å²) in [6, 6.07) is 67.9. The number of ketones is 1. The molecule has 0 aliphatic carbocycles. The van der Waals surface area contributed by atoms with Crippen LogP contribution in [0.1, 0.15) is 63.3 Å². The van der Waals surface area contributed by atoms with E-state index in [-0.39, 0.29) is 34.6 Å². The summed E-state index contributed by atoms with van der Waals surface area (Å²) in [5, 5.41) is 20.3. The lowest BCUT2D eigenvalue weighted by molar-refractivity contribution is -0.197. The number of nitrogens with one attached hydrogen (secondary N) is 1. The molecule has 10 nitrogen and oxygen atoms in total. The molecule has 0 saturated carbocycles. The summed E-state index contributed by atoms with van der Waals surface area (Å²) in [5.41, 5.74) is 4.67. The molecule has 1 aliphatic rings. The van der Waals surface area contributed by atoms with Gasteiger partial charge < -0.3 is 20.0 Å². The zero-order valence-corrected chi connectivity index (χ0v) is 38.1. The first-order valence-corrected chi connectivity index (χ1v) is 23.2. The van der Waals surface area contributed by atoms with Crippen molar-refractivity contribution < 1.29 is 29.1 Å². The van der Waals surface area contributed by atoms with E-state index in [2.05, 4.69) is 10.5 Å². The van der Waals surface area contributed by atoms with Gasteiger partial charge in [0.25, 0.3) is 0 Å². The number of rotatable bonds is 18. The van der Waals surface area contributed by atoms with Gasteiger partial charge in [0.1, 0.15) is 40.4 Å². The van der Waals surface area contributed by atoms with E-state index in [1.807, 2.05) is 212 Å². The SMILES string of the molecule is O=C1CC(CO/N=C(\C(=O)O)c2nc(NC(c3ccccc3)(c3ccccc3)c3ccccc3)sc2Cl)N(OC(c2ccccc2)c2ccccc2)C=C1OC(c1ccccc1)c1ccccc1. The number of hydrogen-bond acceptors (Lipinski definition) is 10. The van der Waals surface area contributed by atoms with E-state index in [1.54, 1.807) is 11.3 Å². The molecule has 0 fully saturated rings. The molecule has 1 aliphatic heterocycles. The minimum absolute atomic E-state index is 0.0837. The fourth-order valence-corrected chi connectivity index (χ4v) is 9.36. The van der Waals surface area contributed by atoms with Crippen molar-refractivity contribution in [3.05, 3.63) is 273 Å². The molecular formula is C56H45ClN4O6S. The van der Waals surface area contributed by atoms with Gasteiger partial charge >= 0.3 is 5.97 Å². The van der Waals surface area contributed by atoms with E-state index in [0.29, 0.717) is 5.13 Å². The number of anilines is 1. The van der Waals surface area contributed by atoms with Gasteiger partial charge in [-0.25, -0.2) is 14.8 Å². The Morgan fingerprint density at radius 1 is 0.676 bits per heavy atom. The van der Waals surface area contributed by atoms with Gasteiger partial charge in [-0.15, -0.1) is 0 Å². The fraction of sp³-hybridized carbons (Fsp3) is 0.107. The third-order valence-corrected chi connectivity index (χ3v) is 12.7. The summed E-state index contributed by atoms with van der Waals surface area (Å²) >= 11 is 7.95. The van der Waals surface area contributed by atoms with Crippen LogP contribution < -0.4 is 5.32 Å². The number of Topliss-reactive ketones (excluding diaryl/α,β-unsaturated/α-hetero) is 1. The molecule has 1 aromatic heterocycles. The lowest BCUT2D eigenvalue weighted by atomic mass is 9.77. The van der Waals surface area contributed by atoms with Crippen LogP contribution in [0.3, 0.4) is 0 Å². The molecule has 1 unspecified atom stereocenters. The van der Waals surface area contributed by atoms with E-state index in [4.69, 9.17) is 31.0 Å². The predicted molar refractivity (Wildman–Crippen MR) is 265 cm³/mol. The van der Waals surface area contributed by atoms with Crippen molar-refractivity contribution in [2.75, 3.05) is 11.9 Å². The molecule has 0 spiro atoms. The maximum Gasteiger partial charge on any atom is 0.360 e. The van der Waals surface area contributed by atoms with Crippen molar-refractivity contribution in [2.24, 2.45) is 5.16 Å². The van der Waals surface area contributed by atoms with Crippen LogP contribution in [-0.4, -0.2) is 45.3 Å². The number of carbonyl (C=O) groups is 2. The number of hydroxylamine groups is 2. The van der Waals surface area contributed by atoms with Crippen molar-refractivity contribution in [3.63, 3.8) is 0 Å². The van der Waals surface area contributed by atoms with Crippen molar-refractivity contribution in [3.8, 4) is 0 Å². The summed E-state index contributed by atoms with van der Waals surface area (Å²) in [5.74, 6) is -1.63. The Labute approximate surface area is 403 Å². The van der Waals surface area contributed by atoms with E-state index in [1.165, 1.54) is 0 Å². The second-order valence-electron chi connectivity index (χ2n) is 15.9. The van der Waals surface area contributed by atoms with Crippen LogP contribution >= 0.6 is 22.9 Å². The number of carboxylic acid groups (broad SMARTS) is 1. The summed E-state index contributed by atoms with van der Waals surface area (Å²) < 4.78 is 6.72. The van der Waals surface area contributed by atoms with Gasteiger partial charge in [0, 0.05) is 6.42 Å². The van der Waals surface area contributed by atoms with E-state index < -0.39 is 35.5 Å². The smallest absolute Gasteiger partial charge is 0.360 e. The number of hydrogen-bond donors (Lipinski definition) is 2. The number of allylic oxidation sites excluding steroid dienone is 1. The highest BCUT2D eigenvalue weighted by molar-refractivity contribution is 7.20. The molecule has 12 heteroatoms. The van der Waals surface area contributed by atoms with Crippen molar-refractivity contribution >= 4 is 45.5 Å². The number of benzene rings is 7. The standard InChI is InChI=1S/C56H45ClN4O6S/c57-53-49(58-55(68-53)59-56(43-30-16-5-17-31-43,44-32-18-6-19-33-44)45-34-20-7-21-35-45)50(54(63)64)60-65-38-46-36-47(62)48(66-51(39-22-8-1-9-23-39)40-24-10-2-11-25-40)37-61(46)67-52(41-26-12-3-13-27-41)42-28-14-4-15-29-42/h1-35,37,46,51-52H,36,38H2,(H,58,59)(H,63,64)/b60-50-. The van der Waals surface area contributed by atoms with Crippen LogP contribution in [0.2, 0.25) is 4.34 Å². The summed E-state index contributed by atoms with van der Waals surface area (Å²) in [6.45, 7) is -0.255. The van der Waals surface area contributed by atoms with Crippen LogP contribution in [0.25, 0.3) is 0 Å². The molecule has 2 N–H and O–H groups in total. The molecule has 7 aromatic carbocycles. The van der Waals surface area contributed by atoms with Crippen molar-refractivity contribution in [1.82, 2.24) is 10.0 Å². The molecule has 0 bridgehead atoms. The number of halogens is 1. The lowest BCUT2D eigenvalue weighted by Gasteiger charge is -2.36. The van der Waals surface area contributed by atoms with E-state index in [0.717, 1.165) is 50.3 Å². The zero-order valence-electron chi connectivity index (χ0n) is 36.5. The molecule has 0 radical (unpaired) electrons. The van der Waals surface area contributed by atoms with Gasteiger partial charge in [-0.2, -0.15) is 0 Å². The largest absolute Gasteiger partial charge is 0.476 e. The van der Waals surface area contributed by atoms with Crippen LogP contribution in [0.4, 0.5) is 5.13 Å². The highest BCUT2D eigenvalue weighted by Gasteiger charge is 2.39. The lowest BCUT2D eigenvalue weighted by Crippen LogP contribution is -2.42. The molecule has 1 atom stereocenters. The minimum atomic E-state index is -1.41. The highest BCUT2D eigenvalue weighted by atomic mass is 35.5. The number of aromatic nitrogens is 1. The highest BCUT2D eigenvalue weighted by Crippen LogP contribution is 2.42. The van der Waals surface area contributed by atoms with E-state index in [9.17, 15) is 14.7 Å². The molecule has 2 heterocycles. The van der Waals surface area contributed by atoms with Crippen LogP contribution in [0, 0.1) is 0 Å². The Morgan fingerprint density at radius 3 is 1.51 bits per heavy atom. The molecule has 0 amide bonds. The Morgan fingerprint density at radius 2 is 1.09 bits per heavy atom. The number of thiazole rings is 1. The van der Waals surface area contributed by atoms with Crippen molar-refractivity contribution in [2.45, 2.75) is 30.2 Å². The number of aliphatic carboxylic acids is 1. The maximum absolute atomic E-state index is 14.2. The van der Waals surface area contributed by atoms with Crippen molar-refractivity contribution in [1.29, 1.82) is 0 Å². The molecule has 68 heavy (non-hydrogen) atoms. The van der Waals surface area contributed by atoms with E-state index >= 15 is 0 Å². The Hall–Kier alpha value is -7.83. The maximum atomic E-state index is 14.2. The molecule has 338 valence electrons. The van der Waals surface area contributed by atoms with Gasteiger partial charge in [-0.1, -0.05) is 240 Å². The van der Waals surface area contributed by atoms with Gasteiger partial charge in [0.15, 0.2) is 10.9 Å². The summed E-state index contributed by atoms with van der Waals surface area (Å²) in [6.07, 6.45) is 0.219. The molecule has 9 rings (SSSR count). The molecular weight excluding hydrogens is 892 g/mol. The summed E-state index contributed by atoms with van der Waals surface area (Å²) in [7, 11) is 0. The fourth-order valence-electron chi connectivity index (χ4n) is 8.26. The molecule has 8 aromatic rings. The Kier molecular flexibility index (Phi) is 14.1. The average molecular weight is 938 g/mol. The average Bonchev–Trinajstić information content (AvgIpc) is 3.76. The van der Waals surface area contributed by atoms with Crippen LogP contribution in [-0.2, 0) is 29.5 Å². The topological polar surface area (TPSA) is 123 Å². The first-order chi connectivity index (χ1) is 33.4. The number of carbonyl (C=O) groups excluding carboxylic acids is 1. The number of carboxylic acids is 1. The van der Waals surface area contributed by atoms with Gasteiger partial charge in [-0.3, -0.25) is 9.63 Å². The van der Waals surface area contributed by atoms with Crippen LogP contribution in [0.15, 0.2) is 229 Å². The molecule has 0 saturated heterocycles. The second kappa shape index (κ2) is 21.2. The minimum Gasteiger partial charge on any atom is -0.476 e. The monoisotopic (exact) mass is 936 g/mol. The normalized spacial score (nSPS) is 14.1. The zero-order chi connectivity index (χ0) is 46.7. The van der Waals surface area contributed by atoms with Crippen LogP contribution in [0.5, 0.6) is 0 Å². The number of oxime groups is 1. The Bertz CT molecular complexity index is 2810. The van der Waals surface area contributed by atoms with Gasteiger partial charge in [0.05, 0.1) is 6.20 Å². The third-order valence-electron chi connectivity index (χ3n) is 11.5. The third kappa shape index (κ3) is 10.1. The van der Waals surface area contributed by atoms with Gasteiger partial charge in [0.2, 0.25) is 11.5 Å². The second-order valence-corrected chi connectivity index (χ2v) is 17.5. The Balaban J connectivity index is 1.04. The predicted octanol–water partition coefficient (Wildman–Crippen LogP) is 12.0. The first kappa shape index (κ1) is 45.3. The first-order valence-electron chi connectivity index (χ1n) is 22.0. The number of ether oxygens (including phenoxy) is 1. The summed E-state index contributed by atoms with van der Waals surface area (Å²) in [4.78, 5) is 44.7. The van der Waals surface area contributed by atoms with Gasteiger partial charge in [-0.05, 0) is 38.9 Å².